The van der Waals surface area contributed by atoms with Crippen LogP contribution in [0.4, 0.5) is 0 Å². The summed E-state index contributed by atoms with van der Waals surface area (Å²) in [5.74, 6) is -6.26. The molecular formula is C52H82NO11-. The molecule has 0 bridgehead atoms. The van der Waals surface area contributed by atoms with Crippen molar-refractivity contribution in [1.29, 1.82) is 0 Å². The molecule has 0 aromatic rings. The summed E-state index contributed by atoms with van der Waals surface area (Å²) in [4.78, 5) is 66.0. The maximum atomic E-state index is 13.5. The monoisotopic (exact) mass is 897 g/mol. The Hall–Kier alpha value is -3.29. The molecule has 0 aromatic carbocycles. The topological polar surface area (TPSA) is 169 Å². The fourth-order valence-electron chi connectivity index (χ4n) is 10.3. The standard InChI is InChI=1S/C52H83NO11/c1-34(28-39(6)47(55)46(63-11)30-36(3)29-38(5)44(54)25-22-35(2)32-51(8)26-17-20-42(33-51)61-9)18-13-12-14-19-37(4)45(62-10)31-41-24-23-40(7)52(60,64-41)48(56)49(57)53-27-16-15-21-43(53)50(58)59/h12-14,18-19,29,34-35,38-43,45-46,60H,15-17,20-28,30-33H2,1-11H3,(H,58,59)/p-1/b14-12+,18-13+,36-29+,37-19+/t34-,35+,38-,39-,40-,41+,42+,43+,45+,46-,51+,52-/m1/s1. The number of carboxylic acid groups (broad SMARTS) is 1. The first kappa shape index (κ1) is 55.0. The molecule has 0 radical (unpaired) electrons. The molecule has 0 unspecified atom stereocenters. The highest BCUT2D eigenvalue weighted by Gasteiger charge is 2.52. The van der Waals surface area contributed by atoms with Crippen LogP contribution in [0.15, 0.2) is 47.6 Å². The minimum absolute atomic E-state index is 0.0483. The second-order valence-corrected chi connectivity index (χ2v) is 20.0. The van der Waals surface area contributed by atoms with Crippen molar-refractivity contribution in [2.75, 3.05) is 27.9 Å². The van der Waals surface area contributed by atoms with Gasteiger partial charge >= 0.3 is 0 Å². The van der Waals surface area contributed by atoms with Crippen molar-refractivity contribution < 1.29 is 53.1 Å². The molecule has 2 saturated heterocycles. The molecule has 64 heavy (non-hydrogen) atoms. The molecule has 2 aliphatic heterocycles. The Bertz CT molecular complexity index is 1680. The zero-order valence-corrected chi connectivity index (χ0v) is 41.0. The third-order valence-electron chi connectivity index (χ3n) is 14.2. The Kier molecular flexibility index (Phi) is 22.5. The van der Waals surface area contributed by atoms with Gasteiger partial charge in [0.05, 0.1) is 30.3 Å². The summed E-state index contributed by atoms with van der Waals surface area (Å²) < 4.78 is 23.1. The van der Waals surface area contributed by atoms with Gasteiger partial charge in [-0.25, -0.2) is 0 Å². The normalized spacial score (nSPS) is 29.0. The van der Waals surface area contributed by atoms with Crippen LogP contribution in [0, 0.1) is 35.0 Å². The predicted octanol–water partition coefficient (Wildman–Crippen LogP) is 7.84. The van der Waals surface area contributed by atoms with Crippen LogP contribution in [0.3, 0.4) is 0 Å². The highest BCUT2D eigenvalue weighted by atomic mass is 16.6. The summed E-state index contributed by atoms with van der Waals surface area (Å²) in [6.45, 7) is 16.2. The lowest BCUT2D eigenvalue weighted by Gasteiger charge is -2.43. The van der Waals surface area contributed by atoms with Crippen LogP contribution < -0.4 is 5.11 Å². The SMILES string of the molecule is CO[C@H]1CCC[C@@](C)(C[C@@H](C)CCC(=O)[C@H](C)/C=C(\C)C[C@@H](OC)C(=O)[C@H](C)C[C@H](C)/C=C/C=C/C=C(\C)[C@H](C[C@@H]2CC[C@@H](C)[C@](O)(C(=O)C(=O)N3CCCC[C@H]3C(=O)[O-])O2)OC)C1. The molecule has 3 rings (SSSR count). The molecule has 0 spiro atoms. The van der Waals surface area contributed by atoms with Gasteiger partial charge in [0, 0.05) is 64.9 Å². The van der Waals surface area contributed by atoms with Crippen molar-refractivity contribution >= 4 is 29.2 Å². The summed E-state index contributed by atoms with van der Waals surface area (Å²) >= 11 is 0. The van der Waals surface area contributed by atoms with Gasteiger partial charge in [-0.15, -0.1) is 0 Å². The molecule has 2 heterocycles. The van der Waals surface area contributed by atoms with Gasteiger partial charge in [-0.1, -0.05) is 90.0 Å². The van der Waals surface area contributed by atoms with Crippen LogP contribution >= 0.6 is 0 Å². The fourth-order valence-corrected chi connectivity index (χ4v) is 10.3. The zero-order valence-electron chi connectivity index (χ0n) is 41.0. The second-order valence-electron chi connectivity index (χ2n) is 20.0. The van der Waals surface area contributed by atoms with E-state index in [1.165, 1.54) is 12.8 Å². The van der Waals surface area contributed by atoms with Gasteiger partial charge in [0.2, 0.25) is 5.79 Å². The van der Waals surface area contributed by atoms with E-state index in [4.69, 9.17) is 18.9 Å². The summed E-state index contributed by atoms with van der Waals surface area (Å²) in [5, 5.41) is 23.1. The molecule has 1 amide bonds. The van der Waals surface area contributed by atoms with E-state index in [1.807, 2.05) is 65.2 Å². The Balaban J connectivity index is 1.47. The maximum absolute atomic E-state index is 13.5. The minimum Gasteiger partial charge on any atom is -0.548 e. The van der Waals surface area contributed by atoms with E-state index in [2.05, 4.69) is 26.8 Å². The van der Waals surface area contributed by atoms with Crippen LogP contribution in [0.25, 0.3) is 0 Å². The van der Waals surface area contributed by atoms with E-state index in [1.54, 1.807) is 21.1 Å². The van der Waals surface area contributed by atoms with Gasteiger partial charge in [-0.3, -0.25) is 19.2 Å². The first-order chi connectivity index (χ1) is 30.2. The van der Waals surface area contributed by atoms with E-state index in [9.17, 15) is 34.2 Å². The quantitative estimate of drug-likeness (QED) is 0.0539. The summed E-state index contributed by atoms with van der Waals surface area (Å²) in [7, 11) is 4.95. The first-order valence-electron chi connectivity index (χ1n) is 24.0. The number of carboxylic acids is 1. The number of methoxy groups -OCH3 is 3. The molecule has 362 valence electrons. The number of likely N-dealkylation sites (tertiary alicyclic amines) is 1. The number of aliphatic carboxylic acids is 1. The summed E-state index contributed by atoms with van der Waals surface area (Å²) in [6, 6.07) is -1.21. The average molecular weight is 897 g/mol. The number of allylic oxidation sites excluding steroid dienone is 6. The Morgan fingerprint density at radius 3 is 2.28 bits per heavy atom. The third kappa shape index (κ3) is 16.2. The van der Waals surface area contributed by atoms with Crippen molar-refractivity contribution in [3.63, 3.8) is 0 Å². The van der Waals surface area contributed by atoms with E-state index >= 15 is 0 Å². The van der Waals surface area contributed by atoms with E-state index < -0.39 is 53.7 Å². The van der Waals surface area contributed by atoms with Gasteiger partial charge in [0.15, 0.2) is 5.78 Å². The van der Waals surface area contributed by atoms with Crippen LogP contribution in [0.1, 0.15) is 152 Å². The number of nitrogens with zero attached hydrogens (tertiary/aromatic N) is 1. The van der Waals surface area contributed by atoms with Gasteiger partial charge in [-0.05, 0) is 107 Å². The molecule has 1 N–H and O–H groups in total. The molecule has 12 heteroatoms. The fraction of sp³-hybridized carbons (Fsp3) is 0.750. The minimum atomic E-state index is -2.38. The average Bonchev–Trinajstić information content (AvgIpc) is 3.26. The predicted molar refractivity (Wildman–Crippen MR) is 247 cm³/mol. The molecule has 12 nitrogen and oxygen atoms in total. The van der Waals surface area contributed by atoms with Crippen molar-refractivity contribution in [1.82, 2.24) is 4.90 Å². The molecule has 0 aromatic heterocycles. The van der Waals surface area contributed by atoms with Crippen LogP contribution in [0.2, 0.25) is 0 Å². The van der Waals surface area contributed by atoms with Crippen molar-refractivity contribution in [3.05, 3.63) is 47.6 Å². The van der Waals surface area contributed by atoms with Gasteiger partial charge < -0.3 is 38.9 Å². The van der Waals surface area contributed by atoms with Gasteiger partial charge in [0.1, 0.15) is 11.9 Å². The molecule has 3 fully saturated rings. The highest BCUT2D eigenvalue weighted by molar-refractivity contribution is 6.39. The number of ketones is 3. The van der Waals surface area contributed by atoms with E-state index in [0.29, 0.717) is 63.4 Å². The van der Waals surface area contributed by atoms with Crippen LogP contribution in [-0.2, 0) is 42.9 Å². The number of carbonyl (C=O) groups excluding carboxylic acids is 5. The lowest BCUT2D eigenvalue weighted by Crippen LogP contribution is -2.61. The van der Waals surface area contributed by atoms with Crippen molar-refractivity contribution in [2.24, 2.45) is 35.0 Å². The lowest BCUT2D eigenvalue weighted by atomic mass is 9.69. The lowest BCUT2D eigenvalue weighted by molar-refractivity contribution is -0.312. The Labute approximate surface area is 384 Å². The Morgan fingerprint density at radius 2 is 1.62 bits per heavy atom. The number of hydrogen-bond acceptors (Lipinski definition) is 11. The van der Waals surface area contributed by atoms with Crippen molar-refractivity contribution in [2.45, 2.75) is 188 Å². The summed E-state index contributed by atoms with van der Waals surface area (Å²) in [5.41, 5.74) is 2.14. The number of rotatable bonds is 25. The number of Topliss-reactive ketones (excluding diaryl/α,β-unsaturated/α-hetero) is 3. The molecule has 1 saturated carbocycles. The van der Waals surface area contributed by atoms with Gasteiger partial charge in [0.25, 0.3) is 11.7 Å². The largest absolute Gasteiger partial charge is 0.548 e. The zero-order chi connectivity index (χ0) is 47.8. The smallest absolute Gasteiger partial charge is 0.296 e. The highest BCUT2D eigenvalue weighted by Crippen LogP contribution is 2.43. The number of ether oxygens (including phenoxy) is 4. The second kappa shape index (κ2) is 26.2. The third-order valence-corrected chi connectivity index (χ3v) is 14.2. The number of hydrogen-bond donors (Lipinski definition) is 1. The summed E-state index contributed by atoms with van der Waals surface area (Å²) in [6.07, 6.45) is 21.5. The molecule has 1 aliphatic carbocycles. The van der Waals surface area contributed by atoms with E-state index in [0.717, 1.165) is 41.7 Å². The maximum Gasteiger partial charge on any atom is 0.296 e. The molecule has 12 atom stereocenters. The van der Waals surface area contributed by atoms with Crippen molar-refractivity contribution in [3.8, 4) is 0 Å². The number of piperidine rings is 1. The molecular weight excluding hydrogens is 815 g/mol. The number of aliphatic hydroxyl groups is 1. The number of amides is 1. The Morgan fingerprint density at radius 1 is 0.922 bits per heavy atom. The first-order valence-corrected chi connectivity index (χ1v) is 24.0. The van der Waals surface area contributed by atoms with Crippen LogP contribution in [0.5, 0.6) is 0 Å². The van der Waals surface area contributed by atoms with Crippen LogP contribution in [-0.4, -0.2) is 103 Å². The molecule has 3 aliphatic rings. The van der Waals surface area contributed by atoms with E-state index in [-0.39, 0.29) is 47.7 Å². The number of carbonyl (C=O) groups is 5. The van der Waals surface area contributed by atoms with Gasteiger partial charge in [-0.2, -0.15) is 0 Å².